The molecule has 0 bridgehead atoms. The summed E-state index contributed by atoms with van der Waals surface area (Å²) >= 11 is 0. The van der Waals surface area contributed by atoms with E-state index in [-0.39, 0.29) is 10.8 Å². The molecule has 0 aliphatic heterocycles. The van der Waals surface area contributed by atoms with E-state index in [1.54, 1.807) is 0 Å². The Hall–Kier alpha value is -4.68. The van der Waals surface area contributed by atoms with Crippen LogP contribution in [-0.2, 0) is 18.9 Å². The number of nitrogens with zero attached hydrogens (tertiary/aromatic N) is 2. The van der Waals surface area contributed by atoms with E-state index in [0.717, 1.165) is 56.3 Å². The minimum absolute atomic E-state index is 0.146. The van der Waals surface area contributed by atoms with Gasteiger partial charge in [-0.15, -0.1) is 0 Å². The molecule has 0 saturated carbocycles. The molecule has 4 aromatic carbocycles. The van der Waals surface area contributed by atoms with Gasteiger partial charge in [0.1, 0.15) is 18.2 Å². The Morgan fingerprint density at radius 3 is 2.02 bits per heavy atom. The van der Waals surface area contributed by atoms with Crippen molar-refractivity contribution < 1.29 is 8.98 Å². The first-order valence-electron chi connectivity index (χ1n) is 15.0. The van der Waals surface area contributed by atoms with Gasteiger partial charge in [0.05, 0.1) is 17.2 Å². The summed E-state index contributed by atoms with van der Waals surface area (Å²) in [6, 6.07) is 34.4. The molecule has 43 heavy (non-hydrogen) atoms. The maximum atomic E-state index is 10.2. The lowest BCUT2D eigenvalue weighted by Gasteiger charge is -2.26. The molecular weight excluding hydrogens is 524 g/mol. The van der Waals surface area contributed by atoms with Crippen molar-refractivity contribution in [2.75, 3.05) is 0 Å². The normalized spacial score (nSPS) is 12.1. The summed E-state index contributed by atoms with van der Waals surface area (Å²) < 4.78 is 9.02. The van der Waals surface area contributed by atoms with E-state index >= 15 is 0 Å². The molecule has 0 amide bonds. The van der Waals surface area contributed by atoms with Crippen molar-refractivity contribution in [2.24, 2.45) is 12.5 Å². The van der Waals surface area contributed by atoms with Gasteiger partial charge in [-0.25, -0.2) is 4.57 Å². The first-order valence-corrected chi connectivity index (χ1v) is 15.0. The molecule has 3 heteroatoms. The summed E-state index contributed by atoms with van der Waals surface area (Å²) in [6.07, 6.45) is 3.14. The van der Waals surface area contributed by atoms with E-state index in [1.807, 2.05) is 12.1 Å². The molecule has 0 unspecified atom stereocenters. The van der Waals surface area contributed by atoms with Gasteiger partial charge < -0.3 is 4.42 Å². The van der Waals surface area contributed by atoms with Crippen LogP contribution in [-0.4, -0.2) is 0 Å². The van der Waals surface area contributed by atoms with Gasteiger partial charge in [-0.05, 0) is 58.7 Å². The molecule has 0 aliphatic rings. The number of pyridine rings is 1. The Labute approximate surface area is 255 Å². The van der Waals surface area contributed by atoms with Gasteiger partial charge in [-0.2, -0.15) is 5.26 Å². The van der Waals surface area contributed by atoms with Crippen molar-refractivity contribution in [2.45, 2.75) is 53.4 Å². The number of furan rings is 1. The molecular formula is C40H39N2O+. The van der Waals surface area contributed by atoms with Crippen LogP contribution in [0.15, 0.2) is 102 Å². The molecule has 6 aromatic rings. The van der Waals surface area contributed by atoms with Crippen LogP contribution in [0, 0.1) is 23.7 Å². The number of nitriles is 1. The van der Waals surface area contributed by atoms with Crippen molar-refractivity contribution in [3.05, 3.63) is 125 Å². The van der Waals surface area contributed by atoms with E-state index in [2.05, 4.69) is 144 Å². The van der Waals surface area contributed by atoms with Gasteiger partial charge in [0, 0.05) is 33.9 Å². The number of fused-ring (bicyclic) bond motifs is 3. The van der Waals surface area contributed by atoms with Crippen LogP contribution in [0.2, 0.25) is 0 Å². The van der Waals surface area contributed by atoms with Crippen LogP contribution in [0.4, 0.5) is 0 Å². The van der Waals surface area contributed by atoms with Crippen molar-refractivity contribution >= 4 is 21.9 Å². The van der Waals surface area contributed by atoms with Crippen LogP contribution in [0.3, 0.4) is 0 Å². The van der Waals surface area contributed by atoms with Crippen LogP contribution in [0.5, 0.6) is 0 Å². The van der Waals surface area contributed by atoms with Crippen molar-refractivity contribution in [3.63, 3.8) is 0 Å². The second-order valence-corrected chi connectivity index (χ2v) is 13.5. The predicted octanol–water partition coefficient (Wildman–Crippen LogP) is 9.84. The second-order valence-electron chi connectivity index (χ2n) is 13.5. The zero-order valence-corrected chi connectivity index (χ0v) is 26.2. The van der Waals surface area contributed by atoms with Crippen molar-refractivity contribution in [3.8, 4) is 28.5 Å². The SMILES string of the molecule is Cc1ccc2c(oc3c(-c4ccc(C(C)(C)c5ccccc5)cc4)c(C#N)ccc32)c1-c1cc(CC(C)(C)C)cc[n+]1C. The number of hydrogen-bond acceptors (Lipinski definition) is 2. The zero-order chi connectivity index (χ0) is 30.5. The predicted molar refractivity (Wildman–Crippen MR) is 177 cm³/mol. The topological polar surface area (TPSA) is 40.8 Å². The number of hydrogen-bond donors (Lipinski definition) is 0. The number of aromatic nitrogens is 1. The number of aryl methyl sites for hydroxylation is 2. The van der Waals surface area contributed by atoms with Crippen LogP contribution in [0.25, 0.3) is 44.3 Å². The lowest BCUT2D eigenvalue weighted by atomic mass is 9.78. The Morgan fingerprint density at radius 2 is 1.37 bits per heavy atom. The molecule has 6 rings (SSSR count). The fraction of sp³-hybridized carbons (Fsp3) is 0.250. The third-order valence-corrected chi connectivity index (χ3v) is 8.73. The summed E-state index contributed by atoms with van der Waals surface area (Å²) in [5, 5.41) is 12.3. The molecule has 2 aromatic heterocycles. The van der Waals surface area contributed by atoms with E-state index in [1.165, 1.54) is 16.7 Å². The molecule has 0 aliphatic carbocycles. The summed E-state index contributed by atoms with van der Waals surface area (Å²) in [4.78, 5) is 0. The number of benzene rings is 4. The van der Waals surface area contributed by atoms with Crippen LogP contribution in [0.1, 0.15) is 62.4 Å². The van der Waals surface area contributed by atoms with E-state index in [4.69, 9.17) is 4.42 Å². The van der Waals surface area contributed by atoms with Gasteiger partial charge in [-0.1, -0.05) is 101 Å². The van der Waals surface area contributed by atoms with Gasteiger partial charge >= 0.3 is 0 Å². The average molecular weight is 564 g/mol. The highest BCUT2D eigenvalue weighted by atomic mass is 16.3. The van der Waals surface area contributed by atoms with E-state index in [9.17, 15) is 5.26 Å². The first-order chi connectivity index (χ1) is 20.5. The highest BCUT2D eigenvalue weighted by molar-refractivity contribution is 6.14. The van der Waals surface area contributed by atoms with Gasteiger partial charge in [0.25, 0.3) is 0 Å². The van der Waals surface area contributed by atoms with E-state index in [0.29, 0.717) is 5.56 Å². The molecule has 0 spiro atoms. The Balaban J connectivity index is 1.54. The van der Waals surface area contributed by atoms with Gasteiger partial charge in [0.15, 0.2) is 6.20 Å². The van der Waals surface area contributed by atoms with Crippen LogP contribution >= 0.6 is 0 Å². The standard InChI is InChI=1S/C40H39N2O/c1-26-13-19-32-33-20-16-29(25-41)36(28-14-17-31(18-15-28)40(5,6)30-11-9-8-10-12-30)38(33)43-37(32)35(26)34-23-27(21-22-42(34)7)24-39(2,3)4/h8-23H,24H2,1-7H3/q+1. The Kier molecular flexibility index (Phi) is 6.98. The summed E-state index contributed by atoms with van der Waals surface area (Å²) in [7, 11) is 2.09. The molecule has 0 fully saturated rings. The summed E-state index contributed by atoms with van der Waals surface area (Å²) in [6.45, 7) is 13.5. The highest BCUT2D eigenvalue weighted by Gasteiger charge is 2.26. The zero-order valence-electron chi connectivity index (χ0n) is 26.2. The smallest absolute Gasteiger partial charge is 0.216 e. The molecule has 2 heterocycles. The average Bonchev–Trinajstić information content (AvgIpc) is 3.36. The van der Waals surface area contributed by atoms with Crippen LogP contribution < -0.4 is 4.57 Å². The minimum Gasteiger partial charge on any atom is -0.454 e. The Bertz CT molecular complexity index is 2010. The quantitative estimate of drug-likeness (QED) is 0.196. The molecule has 0 N–H and O–H groups in total. The highest BCUT2D eigenvalue weighted by Crippen LogP contribution is 2.42. The molecule has 0 atom stereocenters. The third kappa shape index (κ3) is 5.12. The lowest BCUT2D eigenvalue weighted by molar-refractivity contribution is -0.660. The van der Waals surface area contributed by atoms with Gasteiger partial charge in [-0.3, -0.25) is 0 Å². The lowest BCUT2D eigenvalue weighted by Crippen LogP contribution is -2.31. The molecule has 214 valence electrons. The fourth-order valence-corrected chi connectivity index (χ4v) is 6.36. The van der Waals surface area contributed by atoms with Gasteiger partial charge in [0.2, 0.25) is 5.69 Å². The Morgan fingerprint density at radius 1 is 0.744 bits per heavy atom. The maximum absolute atomic E-state index is 10.2. The maximum Gasteiger partial charge on any atom is 0.216 e. The molecule has 3 nitrogen and oxygen atoms in total. The summed E-state index contributed by atoms with van der Waals surface area (Å²) in [5.74, 6) is 0. The molecule has 0 saturated heterocycles. The number of rotatable bonds is 5. The molecule has 0 radical (unpaired) electrons. The van der Waals surface area contributed by atoms with Crippen molar-refractivity contribution in [1.82, 2.24) is 0 Å². The minimum atomic E-state index is -0.146. The van der Waals surface area contributed by atoms with Crippen molar-refractivity contribution in [1.29, 1.82) is 5.26 Å². The largest absolute Gasteiger partial charge is 0.454 e. The first kappa shape index (κ1) is 28.4. The fourth-order valence-electron chi connectivity index (χ4n) is 6.36. The third-order valence-electron chi connectivity index (χ3n) is 8.73. The monoisotopic (exact) mass is 563 g/mol. The summed E-state index contributed by atoms with van der Waals surface area (Å²) in [5.41, 5.74) is 11.2. The van der Waals surface area contributed by atoms with E-state index < -0.39 is 0 Å². The second kappa shape index (κ2) is 10.5.